The Hall–Kier alpha value is -2.41. The molecule has 0 unspecified atom stereocenters. The summed E-state index contributed by atoms with van der Waals surface area (Å²) in [6.07, 6.45) is 1.68. The number of para-hydroxylation sites is 1. The Morgan fingerprint density at radius 1 is 0.962 bits per heavy atom. The summed E-state index contributed by atoms with van der Waals surface area (Å²) < 4.78 is 6.44. The lowest BCUT2D eigenvalue weighted by molar-refractivity contribution is -0.592. The maximum Gasteiger partial charge on any atom is 0.237 e. The van der Waals surface area contributed by atoms with Crippen LogP contribution in [0.1, 0.15) is 5.76 Å². The largest absolute Gasteiger partial charge is 1.00 e. The molecule has 3 N–H and O–H groups in total. The van der Waals surface area contributed by atoms with E-state index < -0.39 is 0 Å². The third kappa shape index (κ3) is 4.22. The van der Waals surface area contributed by atoms with Gasteiger partial charge in [0, 0.05) is 10.2 Å². The predicted molar refractivity (Wildman–Crippen MR) is 101 cm³/mol. The third-order valence-corrected chi connectivity index (χ3v) is 4.34. The fourth-order valence-corrected chi connectivity index (χ4v) is 2.87. The molecule has 0 aliphatic heterocycles. The summed E-state index contributed by atoms with van der Waals surface area (Å²) in [5, 5.41) is 6.36. The van der Waals surface area contributed by atoms with Crippen molar-refractivity contribution in [3.8, 4) is 0 Å². The zero-order chi connectivity index (χ0) is 17.1. The van der Waals surface area contributed by atoms with Gasteiger partial charge in [0.25, 0.3) is 0 Å². The average molecular weight is 432 g/mol. The van der Waals surface area contributed by atoms with Crippen molar-refractivity contribution in [1.29, 1.82) is 0 Å². The average Bonchev–Trinajstić information content (AvgIpc) is 3.15. The lowest BCUT2D eigenvalue weighted by Crippen LogP contribution is -3.00. The van der Waals surface area contributed by atoms with E-state index in [1.807, 2.05) is 60.7 Å². The van der Waals surface area contributed by atoms with Crippen LogP contribution in [0.4, 0.5) is 17.5 Å². The van der Waals surface area contributed by atoms with E-state index in [9.17, 15) is 0 Å². The Balaban J connectivity index is 0.00000196. The molecule has 4 aromatic rings. The summed E-state index contributed by atoms with van der Waals surface area (Å²) in [5.74, 6) is 2.37. The SMILES string of the molecule is Brc1ccc(Nc2nc([NH2+]Cc3ccco3)c3ccccc3n2)cc1.[Cl-]. The molecule has 0 aliphatic rings. The number of nitrogens with zero attached hydrogens (tertiary/aromatic N) is 2. The van der Waals surface area contributed by atoms with Crippen LogP contribution < -0.4 is 23.0 Å². The maximum absolute atomic E-state index is 5.41. The molecule has 132 valence electrons. The summed E-state index contributed by atoms with van der Waals surface area (Å²) >= 11 is 3.44. The van der Waals surface area contributed by atoms with E-state index in [4.69, 9.17) is 4.42 Å². The van der Waals surface area contributed by atoms with E-state index in [2.05, 4.69) is 36.5 Å². The first-order valence-electron chi connectivity index (χ1n) is 7.93. The van der Waals surface area contributed by atoms with Crippen molar-refractivity contribution in [2.24, 2.45) is 0 Å². The molecule has 5 nitrogen and oxygen atoms in total. The van der Waals surface area contributed by atoms with Gasteiger partial charge in [-0.05, 0) is 48.5 Å². The molecule has 4 rings (SSSR count). The molecule has 0 atom stereocenters. The van der Waals surface area contributed by atoms with E-state index in [0.29, 0.717) is 12.5 Å². The highest BCUT2D eigenvalue weighted by molar-refractivity contribution is 9.10. The van der Waals surface area contributed by atoms with E-state index in [0.717, 1.165) is 32.6 Å². The summed E-state index contributed by atoms with van der Waals surface area (Å²) in [7, 11) is 0. The van der Waals surface area contributed by atoms with Gasteiger partial charge in [0.05, 0.1) is 17.2 Å². The number of aromatic nitrogens is 2. The first-order valence-corrected chi connectivity index (χ1v) is 8.72. The molecule has 0 fully saturated rings. The monoisotopic (exact) mass is 430 g/mol. The number of furan rings is 1. The van der Waals surface area contributed by atoms with Gasteiger partial charge >= 0.3 is 0 Å². The molecule has 26 heavy (non-hydrogen) atoms. The number of anilines is 2. The van der Waals surface area contributed by atoms with Crippen LogP contribution in [0.25, 0.3) is 10.9 Å². The molecule has 2 aromatic carbocycles. The van der Waals surface area contributed by atoms with Gasteiger partial charge in [-0.2, -0.15) is 4.98 Å². The summed E-state index contributed by atoms with van der Waals surface area (Å²) in [5.41, 5.74) is 1.85. The van der Waals surface area contributed by atoms with Gasteiger partial charge in [-0.1, -0.05) is 28.1 Å². The second-order valence-corrected chi connectivity index (χ2v) is 6.48. The summed E-state index contributed by atoms with van der Waals surface area (Å²) in [6, 6.07) is 19.8. The fourth-order valence-electron chi connectivity index (χ4n) is 2.60. The Labute approximate surface area is 165 Å². The minimum absolute atomic E-state index is 0. The van der Waals surface area contributed by atoms with E-state index in [-0.39, 0.29) is 12.4 Å². The number of nitrogens with two attached hydrogens (primary N) is 1. The number of quaternary nitrogens is 1. The van der Waals surface area contributed by atoms with E-state index >= 15 is 0 Å². The van der Waals surface area contributed by atoms with E-state index in [1.54, 1.807) is 6.26 Å². The quantitative estimate of drug-likeness (QED) is 0.497. The van der Waals surface area contributed by atoms with Crippen LogP contribution in [0.15, 0.2) is 75.8 Å². The second kappa shape index (κ2) is 8.31. The van der Waals surface area contributed by atoms with Crippen LogP contribution in [0, 0.1) is 0 Å². The van der Waals surface area contributed by atoms with Gasteiger partial charge < -0.3 is 22.1 Å². The van der Waals surface area contributed by atoms with Crippen LogP contribution in [-0.2, 0) is 6.54 Å². The lowest BCUT2D eigenvalue weighted by atomic mass is 10.2. The molecule has 0 amide bonds. The highest BCUT2D eigenvalue weighted by Crippen LogP contribution is 2.22. The van der Waals surface area contributed by atoms with Crippen molar-refractivity contribution in [2.45, 2.75) is 6.54 Å². The van der Waals surface area contributed by atoms with Crippen molar-refractivity contribution < 1.29 is 22.1 Å². The first-order chi connectivity index (χ1) is 12.3. The number of benzene rings is 2. The molecule has 0 saturated heterocycles. The fraction of sp³-hybridized carbons (Fsp3) is 0.0526. The Bertz CT molecular complexity index is 990. The van der Waals surface area contributed by atoms with Crippen molar-refractivity contribution in [2.75, 3.05) is 5.32 Å². The maximum atomic E-state index is 5.41. The normalized spacial score (nSPS) is 10.5. The van der Waals surface area contributed by atoms with Gasteiger partial charge in [-0.3, -0.25) is 5.32 Å². The molecule has 0 saturated carbocycles. The van der Waals surface area contributed by atoms with Gasteiger partial charge in [0.15, 0.2) is 5.76 Å². The van der Waals surface area contributed by atoms with Gasteiger partial charge in [0.1, 0.15) is 6.54 Å². The summed E-state index contributed by atoms with van der Waals surface area (Å²) in [6.45, 7) is 0.686. The zero-order valence-corrected chi connectivity index (χ0v) is 16.0. The molecular weight excluding hydrogens is 416 g/mol. The molecule has 0 spiro atoms. The minimum Gasteiger partial charge on any atom is -1.00 e. The van der Waals surface area contributed by atoms with Gasteiger partial charge in [-0.15, -0.1) is 0 Å². The van der Waals surface area contributed by atoms with Crippen molar-refractivity contribution in [3.05, 3.63) is 77.2 Å². The van der Waals surface area contributed by atoms with E-state index in [1.165, 1.54) is 0 Å². The number of hydrogen-bond donors (Lipinski definition) is 2. The van der Waals surface area contributed by atoms with Crippen molar-refractivity contribution >= 4 is 44.3 Å². The minimum atomic E-state index is 0. The number of fused-ring (bicyclic) bond motifs is 1. The Kier molecular flexibility index (Phi) is 5.88. The highest BCUT2D eigenvalue weighted by atomic mass is 79.9. The molecule has 7 heteroatoms. The topological polar surface area (TPSA) is 67.6 Å². The predicted octanol–water partition coefficient (Wildman–Crippen LogP) is 1.13. The molecule has 0 aliphatic carbocycles. The summed E-state index contributed by atoms with van der Waals surface area (Å²) in [4.78, 5) is 9.31. The lowest BCUT2D eigenvalue weighted by Gasteiger charge is -2.08. The van der Waals surface area contributed by atoms with Crippen LogP contribution in [0.2, 0.25) is 0 Å². The molecular formula is C19H16BrClN4O. The van der Waals surface area contributed by atoms with Crippen molar-refractivity contribution in [1.82, 2.24) is 9.97 Å². The molecule has 2 aromatic heterocycles. The third-order valence-electron chi connectivity index (χ3n) is 3.81. The molecule has 0 bridgehead atoms. The number of hydrogen-bond acceptors (Lipinski definition) is 4. The van der Waals surface area contributed by atoms with Crippen LogP contribution in [0.3, 0.4) is 0 Å². The number of nitrogens with one attached hydrogen (secondary N) is 1. The second-order valence-electron chi connectivity index (χ2n) is 5.57. The first kappa shape index (κ1) is 18.4. The number of rotatable bonds is 5. The van der Waals surface area contributed by atoms with Crippen LogP contribution in [0.5, 0.6) is 0 Å². The smallest absolute Gasteiger partial charge is 0.237 e. The Morgan fingerprint density at radius 3 is 2.54 bits per heavy atom. The standard InChI is InChI=1S/C19H15BrN4O.ClH/c20-13-7-9-14(10-8-13)22-19-23-17-6-2-1-5-16(17)18(24-19)21-12-15-4-3-11-25-15;/h1-11H,12H2,(H2,21,22,23,24);1H. The van der Waals surface area contributed by atoms with Gasteiger partial charge in [-0.25, -0.2) is 4.98 Å². The zero-order valence-electron chi connectivity index (χ0n) is 13.7. The molecule has 2 heterocycles. The highest BCUT2D eigenvalue weighted by Gasteiger charge is 2.12. The van der Waals surface area contributed by atoms with Crippen LogP contribution in [-0.4, -0.2) is 9.97 Å². The molecule has 0 radical (unpaired) electrons. The van der Waals surface area contributed by atoms with Crippen molar-refractivity contribution in [3.63, 3.8) is 0 Å². The van der Waals surface area contributed by atoms with Gasteiger partial charge in [0.2, 0.25) is 11.8 Å². The number of halogens is 2. The van der Waals surface area contributed by atoms with Crippen LogP contribution >= 0.6 is 15.9 Å². The Morgan fingerprint density at radius 2 is 1.77 bits per heavy atom.